The first-order valence-electron chi connectivity index (χ1n) is 6.59. The molecular weight excluding hydrogens is 288 g/mol. The summed E-state index contributed by atoms with van der Waals surface area (Å²) in [4.78, 5) is 29.6. The summed E-state index contributed by atoms with van der Waals surface area (Å²) in [6, 6.07) is 6.80. The summed E-state index contributed by atoms with van der Waals surface area (Å²) in [5.74, 6) is -1.30. The summed E-state index contributed by atoms with van der Waals surface area (Å²) < 4.78 is 0. The van der Waals surface area contributed by atoms with Gasteiger partial charge in [-0.15, -0.1) is 11.3 Å². The van der Waals surface area contributed by atoms with Crippen molar-refractivity contribution < 1.29 is 14.7 Å². The number of carboxylic acid groups (broad SMARTS) is 1. The number of aromatic nitrogens is 1. The minimum absolute atomic E-state index is 0.308. The minimum atomic E-state index is -0.982. The maximum Gasteiger partial charge on any atom is 0.326 e. The predicted molar refractivity (Wildman–Crippen MR) is 78.3 cm³/mol. The number of nitrogens with zero attached hydrogens (tertiary/aromatic N) is 2. The third-order valence-electron chi connectivity index (χ3n) is 3.63. The molecule has 0 unspecified atom stereocenters. The molecule has 3 rings (SSSR count). The van der Waals surface area contributed by atoms with Crippen LogP contribution in [0.5, 0.6) is 0 Å². The lowest BCUT2D eigenvalue weighted by Gasteiger charge is -2.34. The number of benzene rings is 1. The largest absolute Gasteiger partial charge is 0.480 e. The topological polar surface area (TPSA) is 70.5 Å². The molecule has 0 saturated heterocycles. The Labute approximate surface area is 125 Å². The lowest BCUT2D eigenvalue weighted by atomic mass is 9.94. The van der Waals surface area contributed by atoms with E-state index in [1.54, 1.807) is 5.38 Å². The monoisotopic (exact) mass is 302 g/mol. The van der Waals surface area contributed by atoms with Gasteiger partial charge in [0.2, 0.25) is 0 Å². The van der Waals surface area contributed by atoms with Crippen LogP contribution in [0.2, 0.25) is 0 Å². The molecule has 6 heteroatoms. The number of amides is 1. The molecule has 5 nitrogen and oxygen atoms in total. The Morgan fingerprint density at radius 3 is 2.67 bits per heavy atom. The van der Waals surface area contributed by atoms with Gasteiger partial charge in [-0.1, -0.05) is 24.3 Å². The SMILES string of the molecule is Cc1nc(C(=O)N2Cc3ccccc3C[C@@H]2C(=O)O)cs1. The van der Waals surface area contributed by atoms with Gasteiger partial charge in [0.15, 0.2) is 0 Å². The Bertz CT molecular complexity index is 710. The third kappa shape index (κ3) is 2.54. The van der Waals surface area contributed by atoms with Crippen molar-refractivity contribution >= 4 is 23.2 Å². The summed E-state index contributed by atoms with van der Waals surface area (Å²) >= 11 is 1.39. The molecule has 1 atom stereocenters. The van der Waals surface area contributed by atoms with Crippen molar-refractivity contribution in [3.8, 4) is 0 Å². The Balaban J connectivity index is 1.96. The van der Waals surface area contributed by atoms with Crippen LogP contribution in [-0.4, -0.2) is 32.9 Å². The summed E-state index contributed by atoms with van der Waals surface area (Å²) in [6.45, 7) is 2.13. The van der Waals surface area contributed by atoms with Crippen LogP contribution in [0.15, 0.2) is 29.6 Å². The van der Waals surface area contributed by atoms with Crippen LogP contribution in [-0.2, 0) is 17.8 Å². The highest BCUT2D eigenvalue weighted by Crippen LogP contribution is 2.25. The van der Waals surface area contributed by atoms with Gasteiger partial charge in [-0.3, -0.25) is 4.79 Å². The molecule has 0 spiro atoms. The molecule has 1 aliphatic rings. The standard InChI is InChI=1S/C15H14N2O3S/c1-9-16-12(8-21-9)14(18)17-7-11-5-3-2-4-10(11)6-13(17)15(19)20/h2-5,8,13H,6-7H2,1H3,(H,19,20)/t13-/m1/s1. The van der Waals surface area contributed by atoms with E-state index in [2.05, 4.69) is 4.98 Å². The van der Waals surface area contributed by atoms with Crippen molar-refractivity contribution in [2.75, 3.05) is 0 Å². The van der Waals surface area contributed by atoms with Crippen molar-refractivity contribution in [3.05, 3.63) is 51.5 Å². The van der Waals surface area contributed by atoms with E-state index in [0.29, 0.717) is 18.7 Å². The lowest BCUT2D eigenvalue weighted by molar-refractivity contribution is -0.142. The molecule has 21 heavy (non-hydrogen) atoms. The van der Waals surface area contributed by atoms with Crippen molar-refractivity contribution in [2.24, 2.45) is 0 Å². The van der Waals surface area contributed by atoms with Crippen molar-refractivity contribution in [2.45, 2.75) is 25.9 Å². The van der Waals surface area contributed by atoms with Crippen molar-refractivity contribution in [3.63, 3.8) is 0 Å². The smallest absolute Gasteiger partial charge is 0.326 e. The Hall–Kier alpha value is -2.21. The number of aliphatic carboxylic acids is 1. The first-order valence-corrected chi connectivity index (χ1v) is 7.47. The van der Waals surface area contributed by atoms with Crippen molar-refractivity contribution in [1.82, 2.24) is 9.88 Å². The average molecular weight is 302 g/mol. The molecule has 1 aromatic carbocycles. The highest BCUT2D eigenvalue weighted by Gasteiger charge is 2.35. The number of thiazole rings is 1. The van der Waals surface area contributed by atoms with Crippen LogP contribution in [0.25, 0.3) is 0 Å². The molecule has 108 valence electrons. The molecule has 0 bridgehead atoms. The molecule has 2 aromatic rings. The zero-order valence-corrected chi connectivity index (χ0v) is 12.3. The van der Waals surface area contributed by atoms with E-state index in [1.807, 2.05) is 31.2 Å². The quantitative estimate of drug-likeness (QED) is 0.922. The van der Waals surface area contributed by atoms with Gasteiger partial charge in [-0.05, 0) is 18.1 Å². The molecule has 0 saturated carbocycles. The van der Waals surface area contributed by atoms with Crippen LogP contribution < -0.4 is 0 Å². The third-order valence-corrected chi connectivity index (χ3v) is 4.41. The summed E-state index contributed by atoms with van der Waals surface area (Å²) in [7, 11) is 0. The number of fused-ring (bicyclic) bond motifs is 1. The molecular formula is C15H14N2O3S. The molecule has 2 heterocycles. The van der Waals surface area contributed by atoms with Gasteiger partial charge in [0.25, 0.3) is 5.91 Å². The normalized spacial score (nSPS) is 17.4. The average Bonchev–Trinajstić information content (AvgIpc) is 2.91. The Morgan fingerprint density at radius 2 is 2.05 bits per heavy atom. The molecule has 0 fully saturated rings. The van der Waals surface area contributed by atoms with Crippen LogP contribution in [0.1, 0.15) is 26.6 Å². The second-order valence-corrected chi connectivity index (χ2v) is 6.07. The first-order chi connectivity index (χ1) is 10.1. The zero-order chi connectivity index (χ0) is 15.0. The number of aryl methyl sites for hydroxylation is 1. The van der Waals surface area contributed by atoms with Crippen LogP contribution in [0.3, 0.4) is 0 Å². The number of hydrogen-bond acceptors (Lipinski definition) is 4. The summed E-state index contributed by atoms with van der Waals surface area (Å²) in [5.41, 5.74) is 2.31. The van der Waals surface area contributed by atoms with Gasteiger partial charge in [0.1, 0.15) is 11.7 Å². The van der Waals surface area contributed by atoms with Crippen LogP contribution >= 0.6 is 11.3 Å². The van der Waals surface area contributed by atoms with E-state index in [-0.39, 0.29) is 5.91 Å². The van der Waals surface area contributed by atoms with Gasteiger partial charge >= 0.3 is 5.97 Å². The van der Waals surface area contributed by atoms with E-state index in [1.165, 1.54) is 16.2 Å². The van der Waals surface area contributed by atoms with Crippen LogP contribution in [0.4, 0.5) is 0 Å². The zero-order valence-electron chi connectivity index (χ0n) is 11.4. The lowest BCUT2D eigenvalue weighted by Crippen LogP contribution is -2.48. The molecule has 1 amide bonds. The van der Waals surface area contributed by atoms with E-state index in [0.717, 1.165) is 16.1 Å². The van der Waals surface area contributed by atoms with E-state index in [9.17, 15) is 14.7 Å². The maximum atomic E-state index is 12.5. The molecule has 1 aromatic heterocycles. The summed E-state index contributed by atoms with van der Waals surface area (Å²) in [6.07, 6.45) is 0.334. The predicted octanol–water partition coefficient (Wildman–Crippen LogP) is 2.10. The molecule has 0 aliphatic carbocycles. The number of rotatable bonds is 2. The van der Waals surface area contributed by atoms with E-state index < -0.39 is 12.0 Å². The molecule has 1 N–H and O–H groups in total. The number of carboxylic acids is 1. The molecule has 1 aliphatic heterocycles. The number of carbonyl (C=O) groups is 2. The number of carbonyl (C=O) groups excluding carboxylic acids is 1. The maximum absolute atomic E-state index is 12.5. The summed E-state index contributed by atoms with van der Waals surface area (Å²) in [5, 5.41) is 11.9. The van der Waals surface area contributed by atoms with Gasteiger partial charge < -0.3 is 10.0 Å². The van der Waals surface area contributed by atoms with Gasteiger partial charge in [-0.2, -0.15) is 0 Å². The minimum Gasteiger partial charge on any atom is -0.480 e. The fourth-order valence-corrected chi connectivity index (χ4v) is 3.15. The highest BCUT2D eigenvalue weighted by molar-refractivity contribution is 7.09. The Kier molecular flexibility index (Phi) is 3.47. The second kappa shape index (κ2) is 5.29. The van der Waals surface area contributed by atoms with Crippen LogP contribution in [0, 0.1) is 6.92 Å². The van der Waals surface area contributed by atoms with E-state index >= 15 is 0 Å². The highest BCUT2D eigenvalue weighted by atomic mass is 32.1. The van der Waals surface area contributed by atoms with Gasteiger partial charge in [-0.25, -0.2) is 9.78 Å². The fourth-order valence-electron chi connectivity index (χ4n) is 2.57. The fraction of sp³-hybridized carbons (Fsp3) is 0.267. The Morgan fingerprint density at radius 1 is 1.33 bits per heavy atom. The molecule has 0 radical (unpaired) electrons. The first kappa shape index (κ1) is 13.8. The van der Waals surface area contributed by atoms with Gasteiger partial charge in [0, 0.05) is 18.3 Å². The second-order valence-electron chi connectivity index (χ2n) is 5.01. The number of hydrogen-bond donors (Lipinski definition) is 1. The van der Waals surface area contributed by atoms with Gasteiger partial charge in [0.05, 0.1) is 5.01 Å². The van der Waals surface area contributed by atoms with Crippen molar-refractivity contribution in [1.29, 1.82) is 0 Å². The van der Waals surface area contributed by atoms with E-state index in [4.69, 9.17) is 0 Å².